The maximum Gasteiger partial charge on any atom is 0.270 e. The van der Waals surface area contributed by atoms with Crippen LogP contribution in [-0.2, 0) is 0 Å². The van der Waals surface area contributed by atoms with E-state index in [4.69, 9.17) is 11.2 Å². The van der Waals surface area contributed by atoms with Crippen LogP contribution >= 0.6 is 0 Å². The van der Waals surface area contributed by atoms with Crippen LogP contribution in [0.4, 0.5) is 5.69 Å². The molecule has 1 atom stereocenters. The van der Waals surface area contributed by atoms with Gasteiger partial charge in [-0.15, -0.1) is 6.42 Å². The Kier molecular flexibility index (Phi) is 3.83. The van der Waals surface area contributed by atoms with E-state index in [1.54, 1.807) is 6.92 Å². The number of ether oxygens (including phenoxy) is 1. The predicted molar refractivity (Wildman–Crippen MR) is 62.0 cm³/mol. The Morgan fingerprint density at radius 3 is 2.71 bits per heavy atom. The summed E-state index contributed by atoms with van der Waals surface area (Å²) in [5.41, 5.74) is -0.00258. The zero-order valence-corrected chi connectivity index (χ0v) is 9.47. The normalized spacial score (nSPS) is 11.4. The molecule has 0 heterocycles. The molecule has 0 N–H and O–H groups in total. The summed E-state index contributed by atoms with van der Waals surface area (Å²) >= 11 is 0. The van der Waals surface area contributed by atoms with Gasteiger partial charge in [-0.2, -0.15) is 0 Å². The molecule has 17 heavy (non-hydrogen) atoms. The van der Waals surface area contributed by atoms with Crippen molar-refractivity contribution in [3.05, 3.63) is 33.9 Å². The summed E-state index contributed by atoms with van der Waals surface area (Å²) < 4.78 is 5.31. The highest BCUT2D eigenvalue weighted by molar-refractivity contribution is 5.97. The Labute approximate surface area is 98.5 Å². The van der Waals surface area contributed by atoms with Gasteiger partial charge in [0, 0.05) is 12.1 Å². The third kappa shape index (κ3) is 3.05. The minimum Gasteiger partial charge on any atom is -0.477 e. The van der Waals surface area contributed by atoms with E-state index in [2.05, 4.69) is 5.92 Å². The number of nitro groups is 1. The first-order chi connectivity index (χ1) is 7.95. The van der Waals surface area contributed by atoms with Crippen molar-refractivity contribution in [1.82, 2.24) is 0 Å². The molecule has 0 amide bonds. The van der Waals surface area contributed by atoms with Crippen LogP contribution in [0.15, 0.2) is 18.2 Å². The number of nitrogens with zero attached hydrogens (tertiary/aromatic N) is 1. The van der Waals surface area contributed by atoms with E-state index in [0.29, 0.717) is 0 Å². The quantitative estimate of drug-likeness (QED) is 0.346. The van der Waals surface area contributed by atoms with Crippen LogP contribution in [0.1, 0.15) is 24.2 Å². The third-order valence-electron chi connectivity index (χ3n) is 2.09. The second-order valence-electron chi connectivity index (χ2n) is 3.42. The molecule has 0 aromatic heterocycles. The minimum atomic E-state index is -0.569. The monoisotopic (exact) mass is 233 g/mol. The van der Waals surface area contributed by atoms with Crippen LogP contribution < -0.4 is 4.74 Å². The fourth-order valence-corrected chi connectivity index (χ4v) is 1.23. The molecule has 1 unspecified atom stereocenters. The van der Waals surface area contributed by atoms with Gasteiger partial charge in [-0.25, -0.2) is 0 Å². The number of Topliss-reactive ketones (excluding diaryl/α,β-unsaturated/α-hetero) is 1. The standard InChI is InChI=1S/C12H11NO4/c1-4-8(2)17-12-6-5-10(13(15)16)7-11(12)9(3)14/h1,5-8H,2-3H3. The Balaban J connectivity index is 3.18. The van der Waals surface area contributed by atoms with E-state index < -0.39 is 11.0 Å². The van der Waals surface area contributed by atoms with E-state index in [0.717, 1.165) is 0 Å². The maximum absolute atomic E-state index is 11.4. The van der Waals surface area contributed by atoms with Crippen molar-refractivity contribution in [2.75, 3.05) is 0 Å². The first kappa shape index (κ1) is 12.7. The highest BCUT2D eigenvalue weighted by atomic mass is 16.6. The molecule has 88 valence electrons. The van der Waals surface area contributed by atoms with Crippen molar-refractivity contribution in [3.63, 3.8) is 0 Å². The number of rotatable bonds is 4. The SMILES string of the molecule is C#CC(C)Oc1ccc([N+](=O)[O-])cc1C(C)=O. The molecule has 1 rings (SSSR count). The lowest BCUT2D eigenvalue weighted by molar-refractivity contribution is -0.384. The van der Waals surface area contributed by atoms with Gasteiger partial charge >= 0.3 is 0 Å². The van der Waals surface area contributed by atoms with Crippen molar-refractivity contribution in [2.45, 2.75) is 20.0 Å². The summed E-state index contributed by atoms with van der Waals surface area (Å²) in [6.07, 6.45) is 4.65. The Bertz CT molecular complexity index is 502. The number of carbonyl (C=O) groups is 1. The van der Waals surface area contributed by atoms with Gasteiger partial charge in [0.2, 0.25) is 0 Å². The molecule has 0 bridgehead atoms. The molecule has 5 nitrogen and oxygen atoms in total. The summed E-state index contributed by atoms with van der Waals surface area (Å²) in [6.45, 7) is 2.96. The maximum atomic E-state index is 11.4. The Morgan fingerprint density at radius 1 is 1.59 bits per heavy atom. The Morgan fingerprint density at radius 2 is 2.24 bits per heavy atom. The molecule has 0 radical (unpaired) electrons. The van der Waals surface area contributed by atoms with Gasteiger partial charge in [0.05, 0.1) is 10.5 Å². The van der Waals surface area contributed by atoms with Gasteiger partial charge < -0.3 is 4.74 Å². The number of carbonyl (C=O) groups excluding carboxylic acids is 1. The largest absolute Gasteiger partial charge is 0.477 e. The van der Waals surface area contributed by atoms with Gasteiger partial charge in [0.1, 0.15) is 5.75 Å². The number of hydrogen-bond donors (Lipinski definition) is 0. The molecule has 0 aliphatic rings. The van der Waals surface area contributed by atoms with Crippen molar-refractivity contribution in [1.29, 1.82) is 0 Å². The average Bonchev–Trinajstić information content (AvgIpc) is 2.28. The lowest BCUT2D eigenvalue weighted by Gasteiger charge is -2.11. The lowest BCUT2D eigenvalue weighted by Crippen LogP contribution is -2.11. The molecular weight excluding hydrogens is 222 g/mol. The average molecular weight is 233 g/mol. The highest BCUT2D eigenvalue weighted by Crippen LogP contribution is 2.25. The van der Waals surface area contributed by atoms with Crippen molar-refractivity contribution >= 4 is 11.5 Å². The predicted octanol–water partition coefficient (Wildman–Crippen LogP) is 2.20. The molecule has 0 aliphatic carbocycles. The fourth-order valence-electron chi connectivity index (χ4n) is 1.23. The fraction of sp³-hybridized carbons (Fsp3) is 0.250. The van der Waals surface area contributed by atoms with Gasteiger partial charge in [-0.05, 0) is 19.9 Å². The van der Waals surface area contributed by atoms with Gasteiger partial charge in [-0.1, -0.05) is 5.92 Å². The molecular formula is C12H11NO4. The molecule has 0 fully saturated rings. The van der Waals surface area contributed by atoms with Crippen LogP contribution in [0.5, 0.6) is 5.75 Å². The third-order valence-corrected chi connectivity index (χ3v) is 2.09. The molecule has 1 aromatic rings. The molecule has 0 saturated carbocycles. The zero-order valence-electron chi connectivity index (χ0n) is 9.47. The molecule has 0 spiro atoms. The van der Waals surface area contributed by atoms with E-state index in [9.17, 15) is 14.9 Å². The molecule has 0 saturated heterocycles. The van der Waals surface area contributed by atoms with E-state index in [-0.39, 0.29) is 22.8 Å². The van der Waals surface area contributed by atoms with Gasteiger partial charge in [0.25, 0.3) is 5.69 Å². The summed E-state index contributed by atoms with van der Waals surface area (Å²) in [4.78, 5) is 21.4. The number of hydrogen-bond acceptors (Lipinski definition) is 4. The first-order valence-corrected chi connectivity index (χ1v) is 4.88. The van der Waals surface area contributed by atoms with Crippen LogP contribution in [0.25, 0.3) is 0 Å². The Hall–Kier alpha value is -2.35. The number of terminal acetylenes is 1. The zero-order chi connectivity index (χ0) is 13.0. The summed E-state index contributed by atoms with van der Waals surface area (Å²) in [6, 6.07) is 3.83. The van der Waals surface area contributed by atoms with Crippen LogP contribution in [0.2, 0.25) is 0 Å². The van der Waals surface area contributed by atoms with Crippen LogP contribution in [-0.4, -0.2) is 16.8 Å². The number of nitro benzene ring substituents is 1. The van der Waals surface area contributed by atoms with Gasteiger partial charge in [0.15, 0.2) is 11.9 Å². The summed E-state index contributed by atoms with van der Waals surface area (Å²) in [5, 5.41) is 10.6. The van der Waals surface area contributed by atoms with Crippen LogP contribution in [0, 0.1) is 22.5 Å². The highest BCUT2D eigenvalue weighted by Gasteiger charge is 2.16. The van der Waals surface area contributed by atoms with Crippen molar-refractivity contribution in [3.8, 4) is 18.1 Å². The molecule has 5 heteroatoms. The first-order valence-electron chi connectivity index (χ1n) is 4.88. The molecule has 0 aliphatic heterocycles. The van der Waals surface area contributed by atoms with Crippen LogP contribution in [0.3, 0.4) is 0 Å². The van der Waals surface area contributed by atoms with Crippen molar-refractivity contribution in [2.24, 2.45) is 0 Å². The topological polar surface area (TPSA) is 69.4 Å². The number of benzene rings is 1. The number of non-ortho nitro benzene ring substituents is 1. The smallest absolute Gasteiger partial charge is 0.270 e. The van der Waals surface area contributed by atoms with Gasteiger partial charge in [-0.3, -0.25) is 14.9 Å². The number of ketones is 1. The lowest BCUT2D eigenvalue weighted by atomic mass is 10.1. The second-order valence-corrected chi connectivity index (χ2v) is 3.42. The summed E-state index contributed by atoms with van der Waals surface area (Å²) in [7, 11) is 0. The minimum absolute atomic E-state index is 0.154. The van der Waals surface area contributed by atoms with Crippen molar-refractivity contribution < 1.29 is 14.5 Å². The molecule has 1 aromatic carbocycles. The van der Waals surface area contributed by atoms with E-state index >= 15 is 0 Å². The second kappa shape index (κ2) is 5.12. The summed E-state index contributed by atoms with van der Waals surface area (Å²) in [5.74, 6) is 2.30. The van der Waals surface area contributed by atoms with E-state index in [1.165, 1.54) is 25.1 Å². The van der Waals surface area contributed by atoms with E-state index in [1.807, 2.05) is 0 Å².